The van der Waals surface area contributed by atoms with E-state index < -0.39 is 224 Å². The van der Waals surface area contributed by atoms with Crippen LogP contribution in [0.4, 0.5) is 35.1 Å². The highest BCUT2D eigenvalue weighted by Gasteiger charge is 2.56. The number of rotatable bonds is 11. The van der Waals surface area contributed by atoms with Crippen LogP contribution in [0, 0.1) is 41.4 Å². The molecule has 11 atom stereocenters. The van der Waals surface area contributed by atoms with Crippen molar-refractivity contribution in [3.8, 4) is 0 Å². The Kier molecular flexibility index (Phi) is 30.3. The fourth-order valence-electron chi connectivity index (χ4n) is 17.8. The number of carbonyl (C=O) groups is 12. The van der Waals surface area contributed by atoms with E-state index in [-0.39, 0.29) is 129 Å². The molecule has 0 aromatic heterocycles. The van der Waals surface area contributed by atoms with Crippen molar-refractivity contribution >= 4 is 70.9 Å². The van der Waals surface area contributed by atoms with Crippen molar-refractivity contribution in [2.45, 2.75) is 260 Å². The third-order valence-corrected chi connectivity index (χ3v) is 24.6. The lowest BCUT2D eigenvalue weighted by atomic mass is 9.76. The van der Waals surface area contributed by atoms with Gasteiger partial charge in [-0.3, -0.25) is 57.5 Å². The highest BCUT2D eigenvalue weighted by atomic mass is 19.4. The molecule has 12 amide bonds. The third kappa shape index (κ3) is 21.3. The van der Waals surface area contributed by atoms with E-state index in [2.05, 4.69) is 16.0 Å². The maximum Gasteiger partial charge on any atom is 0.397 e. The molecular weight excluding hydrogens is 1440 g/mol. The standard InChI is InChI=1S/C76H116F8N12O13/c1-11-46(4)63-71(106)89(6)44-61(99)90(7)55-22-13-12-18-32-96(70(55)105)58(41-47-24-27-50(28-25-47)75(79,80)81)68(103)88(5)43-59(97)85-53(29-26-48-39-51(77)62(52(78)40-48)76(82,83)84)67(102)95-33-19-23-54(95)66(101)87-74(30-16-17-31-74)73(108)93(10)64(49-20-14-15-21-49)72(107)92(9)57(69(104)94-34-36-109-37-35-94)42-60(98)91(8)56(38-45(2)3)65(100)86-63/h12,18,45-58,62-64H,11,13-17,19-44H2,1-10H3,(H,85,97)(H,86,100)(H,87,101)/b18-12-/t46-,47?,48?,50?,51?,52?,53-,54-,55-,56-,57-,58-,62?,63-,64-/m0/s1. The molecule has 4 aliphatic heterocycles. The number of amides is 12. The molecule has 7 fully saturated rings. The Labute approximate surface area is 634 Å². The van der Waals surface area contributed by atoms with Gasteiger partial charge >= 0.3 is 12.4 Å². The summed E-state index contributed by atoms with van der Waals surface area (Å²) in [6.45, 7) is 5.83. The number of fused-ring (bicyclic) bond motifs is 3. The van der Waals surface area contributed by atoms with Gasteiger partial charge in [0.05, 0.1) is 38.6 Å². The van der Waals surface area contributed by atoms with Gasteiger partial charge in [0.2, 0.25) is 70.9 Å². The van der Waals surface area contributed by atoms with Crippen LogP contribution in [0.3, 0.4) is 0 Å². The van der Waals surface area contributed by atoms with Gasteiger partial charge in [-0.05, 0) is 145 Å². The number of ether oxygens (including phenoxy) is 1. The van der Waals surface area contributed by atoms with E-state index in [1.54, 1.807) is 26.0 Å². The van der Waals surface area contributed by atoms with E-state index in [1.807, 2.05) is 13.8 Å². The predicted octanol–water partition coefficient (Wildman–Crippen LogP) is 6.50. The number of nitrogens with one attached hydrogen (secondary N) is 3. The summed E-state index contributed by atoms with van der Waals surface area (Å²) in [5.74, 6) is -16.6. The molecule has 614 valence electrons. The van der Waals surface area contributed by atoms with Crippen molar-refractivity contribution in [2.75, 3.05) is 94.8 Å². The number of alkyl halides is 8. The molecule has 3 N–H and O–H groups in total. The topological polar surface area (TPSA) is 279 Å². The van der Waals surface area contributed by atoms with Crippen LogP contribution in [0.1, 0.15) is 182 Å². The Bertz CT molecular complexity index is 3260. The van der Waals surface area contributed by atoms with Gasteiger partial charge in [0.15, 0.2) is 0 Å². The SMILES string of the molecule is CC[C@H](C)[C@@H]1NC(=O)[C@H](CC(C)C)N(C)C(=O)C[C@@H](C(=O)N2CCOCC2)N(C)C(=O)[C@H](C2CCCC2)N(C)C(=O)C2(CCCC2)NC(=O)[C@@H]2CCCN2C(=O)[C@H](CCC2CC(F)C(C(F)(F)F)C(F)C2)NC(=O)CN(C)C(=O)[C@H](CC2CCC(C(F)(F)F)CC2)N2C/C=C\CC[C@@H](C2=O)N(C)C(=O)CN(C)C1=O. The zero-order chi connectivity index (χ0) is 80.3. The number of hydrogen-bond donors (Lipinski definition) is 3. The van der Waals surface area contributed by atoms with Gasteiger partial charge in [0.1, 0.15) is 72.1 Å². The number of allylic oxidation sites excluding steroid dienone is 1. The second kappa shape index (κ2) is 37.9. The molecule has 0 aromatic carbocycles. The zero-order valence-corrected chi connectivity index (χ0v) is 65.0. The predicted molar refractivity (Wildman–Crippen MR) is 384 cm³/mol. The van der Waals surface area contributed by atoms with E-state index in [0.717, 1.165) is 14.7 Å². The van der Waals surface area contributed by atoms with Crippen LogP contribution >= 0.6 is 0 Å². The molecule has 2 unspecified atom stereocenters. The summed E-state index contributed by atoms with van der Waals surface area (Å²) >= 11 is 0. The van der Waals surface area contributed by atoms with Gasteiger partial charge in [-0.2, -0.15) is 26.3 Å². The first kappa shape index (κ1) is 87.4. The van der Waals surface area contributed by atoms with Crippen LogP contribution in [-0.4, -0.2) is 288 Å². The fourth-order valence-corrected chi connectivity index (χ4v) is 17.8. The minimum absolute atomic E-state index is 0.000646. The molecule has 4 heterocycles. The average molecular weight is 1560 g/mol. The maximum atomic E-state index is 15.7. The van der Waals surface area contributed by atoms with Crippen molar-refractivity contribution in [1.29, 1.82) is 0 Å². The van der Waals surface area contributed by atoms with Crippen LogP contribution in [0.25, 0.3) is 0 Å². The van der Waals surface area contributed by atoms with Crippen LogP contribution in [0.15, 0.2) is 12.2 Å². The van der Waals surface area contributed by atoms with E-state index >= 15 is 47.1 Å². The summed E-state index contributed by atoms with van der Waals surface area (Å²) in [6, 6.07) is -11.1. The number of carbonyl (C=O) groups excluding carboxylic acids is 12. The van der Waals surface area contributed by atoms with Gasteiger partial charge < -0.3 is 64.8 Å². The first-order valence-electron chi connectivity index (χ1n) is 39.3. The van der Waals surface area contributed by atoms with E-state index in [1.165, 1.54) is 71.7 Å². The molecule has 4 saturated carbocycles. The Morgan fingerprint density at radius 2 is 1.22 bits per heavy atom. The number of morpholine rings is 1. The quantitative estimate of drug-likeness (QED) is 0.147. The number of likely N-dealkylation sites (N-methyl/N-ethyl adjacent to an activating group) is 6. The molecule has 1 spiro atoms. The van der Waals surface area contributed by atoms with E-state index in [0.29, 0.717) is 44.9 Å². The fraction of sp³-hybridized carbons (Fsp3) is 0.816. The Morgan fingerprint density at radius 1 is 0.596 bits per heavy atom. The van der Waals surface area contributed by atoms with Gasteiger partial charge in [-0.1, -0.05) is 72.0 Å². The van der Waals surface area contributed by atoms with Crippen LogP contribution in [-0.2, 0) is 62.3 Å². The number of halogens is 8. The van der Waals surface area contributed by atoms with Crippen molar-refractivity contribution in [1.82, 2.24) is 60.0 Å². The maximum absolute atomic E-state index is 15.7. The third-order valence-electron chi connectivity index (χ3n) is 24.6. The van der Waals surface area contributed by atoms with Gasteiger partial charge in [0, 0.05) is 68.5 Å². The largest absolute Gasteiger partial charge is 0.397 e. The molecule has 4 aliphatic carbocycles. The van der Waals surface area contributed by atoms with Crippen molar-refractivity contribution < 1.29 is 97.4 Å². The summed E-state index contributed by atoms with van der Waals surface area (Å²) < 4.78 is 121. The highest BCUT2D eigenvalue weighted by Crippen LogP contribution is 2.46. The van der Waals surface area contributed by atoms with Crippen LogP contribution in [0.5, 0.6) is 0 Å². The molecule has 33 heteroatoms. The van der Waals surface area contributed by atoms with Crippen molar-refractivity contribution in [3.05, 3.63) is 12.2 Å². The lowest BCUT2D eigenvalue weighted by molar-refractivity contribution is -0.219. The molecule has 8 rings (SSSR count). The van der Waals surface area contributed by atoms with Crippen LogP contribution < -0.4 is 16.0 Å². The van der Waals surface area contributed by atoms with Crippen molar-refractivity contribution in [2.24, 2.45) is 41.4 Å². The Morgan fingerprint density at radius 3 is 1.82 bits per heavy atom. The van der Waals surface area contributed by atoms with Gasteiger partial charge in [0.25, 0.3) is 0 Å². The smallest absolute Gasteiger partial charge is 0.378 e. The average Bonchev–Trinajstić information content (AvgIpc) is 1.72. The molecule has 109 heavy (non-hydrogen) atoms. The van der Waals surface area contributed by atoms with Crippen molar-refractivity contribution in [3.63, 3.8) is 0 Å². The molecule has 2 bridgehead atoms. The lowest BCUT2D eigenvalue weighted by Gasteiger charge is -2.42. The molecular formula is C76H116F8N12O13. The minimum Gasteiger partial charge on any atom is -0.378 e. The summed E-state index contributed by atoms with van der Waals surface area (Å²) in [5, 5.41) is 8.51. The van der Waals surface area contributed by atoms with E-state index in [9.17, 15) is 45.5 Å². The normalized spacial score (nSPS) is 32.1. The second-order valence-electron chi connectivity index (χ2n) is 32.6. The highest BCUT2D eigenvalue weighted by molar-refractivity contribution is 6.01. The molecule has 25 nitrogen and oxygen atoms in total. The van der Waals surface area contributed by atoms with Gasteiger partial charge in [-0.15, -0.1) is 0 Å². The minimum atomic E-state index is -5.20. The van der Waals surface area contributed by atoms with Crippen LogP contribution in [0.2, 0.25) is 0 Å². The monoisotopic (exact) mass is 1560 g/mol. The number of nitrogens with zero attached hydrogens (tertiary/aromatic N) is 9. The van der Waals surface area contributed by atoms with E-state index in [4.69, 9.17) is 4.74 Å². The summed E-state index contributed by atoms with van der Waals surface area (Å²) in [5.41, 5.74) is -1.68. The molecule has 0 aromatic rings. The first-order valence-corrected chi connectivity index (χ1v) is 39.3. The Balaban J connectivity index is 1.20. The molecule has 0 radical (unpaired) electrons. The molecule has 8 aliphatic rings. The Hall–Kier alpha value is -7.22. The lowest BCUT2D eigenvalue weighted by Crippen LogP contribution is -2.65. The summed E-state index contributed by atoms with van der Waals surface area (Å²) in [7, 11) is 8.11. The summed E-state index contributed by atoms with van der Waals surface area (Å²) in [4.78, 5) is 193. The zero-order valence-electron chi connectivity index (χ0n) is 65.0. The molecule has 3 saturated heterocycles. The number of hydrogen-bond acceptors (Lipinski definition) is 13. The summed E-state index contributed by atoms with van der Waals surface area (Å²) in [6.07, 6.45) is -11.1. The first-order chi connectivity index (χ1) is 51.3. The second-order valence-corrected chi connectivity index (χ2v) is 32.6. The van der Waals surface area contributed by atoms with Gasteiger partial charge in [-0.25, -0.2) is 8.78 Å².